The molecule has 2 heterocycles. The van der Waals surface area contributed by atoms with Crippen molar-refractivity contribution in [2.75, 3.05) is 19.6 Å². The van der Waals surface area contributed by atoms with E-state index in [0.717, 1.165) is 39.5 Å². The lowest BCUT2D eigenvalue weighted by molar-refractivity contribution is -0.133. The Labute approximate surface area is 235 Å². The maximum absolute atomic E-state index is 13.4. The quantitative estimate of drug-likeness (QED) is 0.314. The van der Waals surface area contributed by atoms with Gasteiger partial charge in [-0.1, -0.05) is 45.7 Å². The van der Waals surface area contributed by atoms with Gasteiger partial charge in [-0.05, 0) is 55.2 Å². The van der Waals surface area contributed by atoms with Gasteiger partial charge in [-0.25, -0.2) is 4.79 Å². The van der Waals surface area contributed by atoms with Crippen LogP contribution < -0.4 is 10.6 Å². The minimum Gasteiger partial charge on any atom is -0.465 e. The van der Waals surface area contributed by atoms with Crippen LogP contribution in [-0.2, 0) is 22.6 Å². The number of fused-ring (bicyclic) bond motifs is 1. The first-order valence-corrected chi connectivity index (χ1v) is 13.9. The van der Waals surface area contributed by atoms with Crippen LogP contribution in [0.1, 0.15) is 43.4 Å². The van der Waals surface area contributed by atoms with Crippen molar-refractivity contribution in [3.63, 3.8) is 0 Å². The minimum atomic E-state index is -1.14. The van der Waals surface area contributed by atoms with Crippen LogP contribution in [0.3, 0.4) is 0 Å². The average molecular weight is 604 g/mol. The van der Waals surface area contributed by atoms with E-state index < -0.39 is 12.1 Å². The fraction of sp³-hybridized carbons (Fsp3) is 0.393. The van der Waals surface area contributed by atoms with E-state index in [-0.39, 0.29) is 24.2 Å². The van der Waals surface area contributed by atoms with Gasteiger partial charge in [0.15, 0.2) is 0 Å². The first-order chi connectivity index (χ1) is 18.2. The summed E-state index contributed by atoms with van der Waals surface area (Å²) in [7, 11) is 0. The van der Waals surface area contributed by atoms with E-state index in [4.69, 9.17) is 11.6 Å². The lowest BCUT2D eigenvalue weighted by Crippen LogP contribution is -2.44. The Balaban J connectivity index is 1.51. The van der Waals surface area contributed by atoms with Crippen LogP contribution in [-0.4, -0.2) is 58.2 Å². The molecule has 1 aliphatic rings. The van der Waals surface area contributed by atoms with Crippen LogP contribution in [0.15, 0.2) is 53.0 Å². The summed E-state index contributed by atoms with van der Waals surface area (Å²) in [5, 5.41) is 16.4. The van der Waals surface area contributed by atoms with Gasteiger partial charge in [-0.15, -0.1) is 0 Å². The largest absolute Gasteiger partial charge is 0.465 e. The van der Waals surface area contributed by atoms with Gasteiger partial charge in [0.1, 0.15) is 0 Å². The molecule has 202 valence electrons. The molecule has 0 radical (unpaired) electrons. The van der Waals surface area contributed by atoms with Gasteiger partial charge in [-0.3, -0.25) is 9.59 Å². The zero-order chi connectivity index (χ0) is 27.2. The number of likely N-dealkylation sites (tertiary alicyclic amines) is 1. The first-order valence-electron chi connectivity index (χ1n) is 12.7. The maximum atomic E-state index is 13.4. The number of halogens is 2. The third-order valence-electron chi connectivity index (χ3n) is 6.97. The molecule has 1 fully saturated rings. The fourth-order valence-corrected chi connectivity index (χ4v) is 5.73. The number of carbonyl (C=O) groups is 3. The summed E-state index contributed by atoms with van der Waals surface area (Å²) >= 11 is 9.92. The highest BCUT2D eigenvalue weighted by Gasteiger charge is 2.29. The normalized spacial score (nSPS) is 16.3. The van der Waals surface area contributed by atoms with Crippen molar-refractivity contribution >= 4 is 56.3 Å². The summed E-state index contributed by atoms with van der Waals surface area (Å²) in [6.45, 7) is 3.78. The maximum Gasteiger partial charge on any atom is 0.404 e. The molecule has 38 heavy (non-hydrogen) atoms. The Hall–Kier alpha value is -3.04. The molecule has 1 aromatic heterocycles. The SMILES string of the molecule is CC(=O)NCCn1c(C2CCCN(C(=O)C[C@@H](Cc3ccc(Br)cc3)NC(=O)O)C2)cc2c(Cl)cccc21. The fourth-order valence-electron chi connectivity index (χ4n) is 5.24. The number of benzene rings is 2. The van der Waals surface area contributed by atoms with Crippen molar-refractivity contribution in [1.82, 2.24) is 20.1 Å². The molecule has 0 aliphatic carbocycles. The lowest BCUT2D eigenvalue weighted by Gasteiger charge is -2.34. The van der Waals surface area contributed by atoms with Gasteiger partial charge in [0.2, 0.25) is 11.8 Å². The second-order valence-corrected chi connectivity index (χ2v) is 11.1. The molecule has 3 N–H and O–H groups in total. The van der Waals surface area contributed by atoms with E-state index in [1.807, 2.05) is 47.4 Å². The van der Waals surface area contributed by atoms with Crippen LogP contribution in [0.5, 0.6) is 0 Å². The molecule has 2 atom stereocenters. The number of carboxylic acid groups (broad SMARTS) is 1. The number of carbonyl (C=O) groups excluding carboxylic acids is 2. The van der Waals surface area contributed by atoms with E-state index in [0.29, 0.717) is 37.6 Å². The number of piperidine rings is 1. The molecule has 4 rings (SSSR count). The van der Waals surface area contributed by atoms with Gasteiger partial charge in [0.25, 0.3) is 0 Å². The number of rotatable bonds is 9. The number of amides is 3. The smallest absolute Gasteiger partial charge is 0.404 e. The van der Waals surface area contributed by atoms with E-state index in [9.17, 15) is 19.5 Å². The number of nitrogens with one attached hydrogen (secondary N) is 2. The summed E-state index contributed by atoms with van der Waals surface area (Å²) in [4.78, 5) is 38.1. The molecule has 1 aliphatic heterocycles. The summed E-state index contributed by atoms with van der Waals surface area (Å²) in [5.74, 6) is -0.0431. The summed E-state index contributed by atoms with van der Waals surface area (Å²) in [5.41, 5.74) is 3.05. The average Bonchev–Trinajstić information content (AvgIpc) is 3.25. The van der Waals surface area contributed by atoms with Crippen molar-refractivity contribution in [3.05, 3.63) is 69.3 Å². The van der Waals surface area contributed by atoms with E-state index in [1.165, 1.54) is 6.92 Å². The van der Waals surface area contributed by atoms with Crippen molar-refractivity contribution in [1.29, 1.82) is 0 Å². The number of nitrogens with zero attached hydrogens (tertiary/aromatic N) is 2. The van der Waals surface area contributed by atoms with Crippen molar-refractivity contribution < 1.29 is 19.5 Å². The monoisotopic (exact) mass is 602 g/mol. The van der Waals surface area contributed by atoms with E-state index in [2.05, 4.69) is 37.2 Å². The molecule has 2 aromatic carbocycles. The van der Waals surface area contributed by atoms with Crippen LogP contribution in [0.4, 0.5) is 4.79 Å². The van der Waals surface area contributed by atoms with E-state index >= 15 is 0 Å². The zero-order valence-electron chi connectivity index (χ0n) is 21.3. The topological polar surface area (TPSA) is 104 Å². The molecular formula is C28H32BrClN4O4. The van der Waals surface area contributed by atoms with Crippen LogP contribution >= 0.6 is 27.5 Å². The molecular weight excluding hydrogens is 572 g/mol. The minimum absolute atomic E-state index is 0.0653. The second kappa shape index (κ2) is 12.7. The molecule has 0 saturated carbocycles. The van der Waals surface area contributed by atoms with Crippen molar-refractivity contribution in [2.24, 2.45) is 0 Å². The van der Waals surface area contributed by atoms with Gasteiger partial charge in [0, 0.05) is 77.6 Å². The van der Waals surface area contributed by atoms with Gasteiger partial charge in [-0.2, -0.15) is 0 Å². The summed E-state index contributed by atoms with van der Waals surface area (Å²) in [6, 6.07) is 15.0. The molecule has 3 amide bonds. The molecule has 0 spiro atoms. The highest BCUT2D eigenvalue weighted by atomic mass is 79.9. The molecule has 1 unspecified atom stereocenters. The predicted octanol–water partition coefficient (Wildman–Crippen LogP) is 5.17. The van der Waals surface area contributed by atoms with Gasteiger partial charge >= 0.3 is 6.09 Å². The highest BCUT2D eigenvalue weighted by Crippen LogP contribution is 2.34. The molecule has 8 nitrogen and oxygen atoms in total. The van der Waals surface area contributed by atoms with Crippen molar-refractivity contribution in [2.45, 2.75) is 51.1 Å². The molecule has 1 saturated heterocycles. The molecule has 3 aromatic rings. The standard InChI is InChI=1S/C28H32BrClN4O4/c1-18(35)31-11-13-34-25-6-2-5-24(30)23(25)16-26(34)20-4-3-12-33(17-20)27(36)15-22(32-28(37)38)14-19-7-9-21(29)10-8-19/h2,5-10,16,20,22,32H,3-4,11-15,17H2,1H3,(H,31,35)(H,37,38)/t20?,22-/m1/s1. The Morgan fingerprint density at radius 3 is 2.66 bits per heavy atom. The third-order valence-corrected chi connectivity index (χ3v) is 7.83. The van der Waals surface area contributed by atoms with Gasteiger partial charge < -0.3 is 25.2 Å². The third kappa shape index (κ3) is 7.08. The summed E-state index contributed by atoms with van der Waals surface area (Å²) in [6.07, 6.45) is 1.15. The van der Waals surface area contributed by atoms with E-state index in [1.54, 1.807) is 0 Å². The van der Waals surface area contributed by atoms with Crippen molar-refractivity contribution in [3.8, 4) is 0 Å². The molecule has 10 heteroatoms. The molecule has 0 bridgehead atoms. The zero-order valence-corrected chi connectivity index (χ0v) is 23.6. The Morgan fingerprint density at radius 1 is 1.18 bits per heavy atom. The first kappa shape index (κ1) is 28.0. The Morgan fingerprint density at radius 2 is 1.95 bits per heavy atom. The highest BCUT2D eigenvalue weighted by molar-refractivity contribution is 9.10. The lowest BCUT2D eigenvalue weighted by atomic mass is 9.93. The number of aromatic nitrogens is 1. The number of hydrogen-bond donors (Lipinski definition) is 3. The predicted molar refractivity (Wildman–Crippen MR) is 152 cm³/mol. The summed E-state index contributed by atoms with van der Waals surface area (Å²) < 4.78 is 3.13. The van der Waals surface area contributed by atoms with Crippen LogP contribution in [0, 0.1) is 0 Å². The van der Waals surface area contributed by atoms with Crippen LogP contribution in [0.2, 0.25) is 5.02 Å². The number of hydrogen-bond acceptors (Lipinski definition) is 3. The Bertz CT molecular complexity index is 1310. The van der Waals surface area contributed by atoms with Crippen LogP contribution in [0.25, 0.3) is 10.9 Å². The van der Waals surface area contributed by atoms with Gasteiger partial charge in [0.05, 0.1) is 0 Å². The second-order valence-electron chi connectivity index (χ2n) is 9.74. The Kier molecular flexibility index (Phi) is 9.33.